The summed E-state index contributed by atoms with van der Waals surface area (Å²) < 4.78 is 6.12. The van der Waals surface area contributed by atoms with Crippen molar-refractivity contribution in [2.24, 2.45) is 0 Å². The molecule has 1 aromatic heterocycles. The van der Waals surface area contributed by atoms with Gasteiger partial charge in [-0.2, -0.15) is 0 Å². The van der Waals surface area contributed by atoms with Crippen LogP contribution in [0.15, 0.2) is 12.5 Å². The van der Waals surface area contributed by atoms with Crippen LogP contribution in [-0.2, 0) is 20.7 Å². The number of aromatic amines is 1. The fourth-order valence-corrected chi connectivity index (χ4v) is 7.40. The lowest BCUT2D eigenvalue weighted by atomic mass is 10.0. The van der Waals surface area contributed by atoms with Crippen LogP contribution in [0.5, 0.6) is 0 Å². The van der Waals surface area contributed by atoms with Gasteiger partial charge in [-0.3, -0.25) is 4.79 Å². The van der Waals surface area contributed by atoms with E-state index in [1.54, 1.807) is 12.5 Å². The Balaban J connectivity index is 2.27. The molecule has 51 heavy (non-hydrogen) atoms. The Morgan fingerprint density at radius 3 is 1.20 bits per heavy atom. The molecule has 6 heteroatoms. The summed E-state index contributed by atoms with van der Waals surface area (Å²) >= 11 is 0. The molecule has 0 radical (unpaired) electrons. The summed E-state index contributed by atoms with van der Waals surface area (Å²) in [7, 11) is 0. The van der Waals surface area contributed by atoms with Gasteiger partial charge in [0, 0.05) is 25.2 Å². The van der Waals surface area contributed by atoms with Crippen molar-refractivity contribution in [3.8, 4) is 0 Å². The molecular weight excluding hydrogens is 631 g/mol. The molecule has 1 atom stereocenters. The van der Waals surface area contributed by atoms with Crippen LogP contribution in [0.3, 0.4) is 0 Å². The Labute approximate surface area is 316 Å². The third-order valence-electron chi connectivity index (χ3n) is 10.7. The maximum Gasteiger partial charge on any atom is 0.329 e. The van der Waals surface area contributed by atoms with Crippen molar-refractivity contribution in [1.82, 2.24) is 15.3 Å². The summed E-state index contributed by atoms with van der Waals surface area (Å²) in [6.45, 7) is 6.03. The van der Waals surface area contributed by atoms with Gasteiger partial charge in [-0.25, -0.2) is 9.78 Å². The molecule has 1 heterocycles. The zero-order valence-corrected chi connectivity index (χ0v) is 34.2. The van der Waals surface area contributed by atoms with Crippen LogP contribution in [0, 0.1) is 0 Å². The average Bonchev–Trinajstić information content (AvgIpc) is 3.63. The summed E-state index contributed by atoms with van der Waals surface area (Å²) in [5, 5.41) is 2.81. The zero-order valence-electron chi connectivity index (χ0n) is 34.2. The number of nitrogens with one attached hydrogen (secondary N) is 2. The first-order chi connectivity index (χ1) is 25.1. The van der Waals surface area contributed by atoms with E-state index < -0.39 is 6.04 Å². The number of nitrogens with zero attached hydrogens (tertiary/aromatic N) is 1. The second kappa shape index (κ2) is 36.5. The van der Waals surface area contributed by atoms with Crippen LogP contribution >= 0.6 is 0 Å². The molecule has 298 valence electrons. The number of carbonyl (C=O) groups is 2. The fourth-order valence-electron chi connectivity index (χ4n) is 7.40. The third kappa shape index (κ3) is 31.4. The van der Waals surface area contributed by atoms with E-state index in [0.29, 0.717) is 6.42 Å². The zero-order chi connectivity index (χ0) is 36.9. The van der Waals surface area contributed by atoms with Crippen LogP contribution < -0.4 is 5.32 Å². The number of imidazole rings is 1. The summed E-state index contributed by atoms with van der Waals surface area (Å²) in [6, 6.07) is -0.693. The lowest BCUT2D eigenvalue weighted by molar-refractivity contribution is -0.153. The van der Waals surface area contributed by atoms with Gasteiger partial charge in [-0.15, -0.1) is 0 Å². The SMILES string of the molecule is CCCCCCCCCCCCCCCCCCC(CCCCCCCCCCCCCCCCCC)OC(=O)[C@H](Cc1cnc[nH]1)NC(C)=O. The largest absolute Gasteiger partial charge is 0.461 e. The number of aromatic nitrogens is 2. The molecule has 0 aromatic carbocycles. The highest BCUT2D eigenvalue weighted by Gasteiger charge is 2.25. The summed E-state index contributed by atoms with van der Waals surface area (Å²) in [5.74, 6) is -0.540. The first kappa shape index (κ1) is 47.2. The molecule has 1 amide bonds. The smallest absolute Gasteiger partial charge is 0.329 e. The van der Waals surface area contributed by atoms with Gasteiger partial charge in [-0.05, 0) is 25.7 Å². The van der Waals surface area contributed by atoms with Crippen LogP contribution in [0.2, 0.25) is 0 Å². The highest BCUT2D eigenvalue weighted by molar-refractivity contribution is 5.83. The van der Waals surface area contributed by atoms with Gasteiger partial charge in [0.2, 0.25) is 5.91 Å². The van der Waals surface area contributed by atoms with E-state index in [1.165, 1.54) is 200 Å². The molecule has 2 N–H and O–H groups in total. The highest BCUT2D eigenvalue weighted by Crippen LogP contribution is 2.20. The topological polar surface area (TPSA) is 84.1 Å². The van der Waals surface area contributed by atoms with Crippen LogP contribution in [0.25, 0.3) is 0 Å². The van der Waals surface area contributed by atoms with E-state index in [9.17, 15) is 9.59 Å². The van der Waals surface area contributed by atoms with Crippen molar-refractivity contribution in [3.63, 3.8) is 0 Å². The second-order valence-corrected chi connectivity index (χ2v) is 15.8. The summed E-state index contributed by atoms with van der Waals surface area (Å²) in [4.78, 5) is 32.3. The number of unbranched alkanes of at least 4 members (excludes halogenated alkanes) is 30. The minimum absolute atomic E-state index is 0.0752. The molecule has 0 bridgehead atoms. The third-order valence-corrected chi connectivity index (χ3v) is 10.7. The van der Waals surface area contributed by atoms with Gasteiger partial charge in [0.05, 0.1) is 6.33 Å². The molecular formula is C45H85N3O3. The van der Waals surface area contributed by atoms with Gasteiger partial charge in [0.25, 0.3) is 0 Å². The molecule has 0 fully saturated rings. The monoisotopic (exact) mass is 716 g/mol. The number of H-pyrrole nitrogens is 1. The van der Waals surface area contributed by atoms with Gasteiger partial charge >= 0.3 is 5.97 Å². The Kier molecular flexibility index (Phi) is 33.8. The van der Waals surface area contributed by atoms with Gasteiger partial charge in [0.15, 0.2) is 0 Å². The van der Waals surface area contributed by atoms with E-state index >= 15 is 0 Å². The number of esters is 1. The van der Waals surface area contributed by atoms with Gasteiger partial charge in [-0.1, -0.05) is 206 Å². The molecule has 1 aromatic rings. The average molecular weight is 716 g/mol. The van der Waals surface area contributed by atoms with E-state index in [0.717, 1.165) is 31.4 Å². The number of hydrogen-bond acceptors (Lipinski definition) is 4. The highest BCUT2D eigenvalue weighted by atomic mass is 16.5. The van der Waals surface area contributed by atoms with Crippen molar-refractivity contribution in [3.05, 3.63) is 18.2 Å². The van der Waals surface area contributed by atoms with Crippen LogP contribution in [-0.4, -0.2) is 34.0 Å². The Morgan fingerprint density at radius 2 is 0.902 bits per heavy atom. The summed E-state index contributed by atoms with van der Waals surface area (Å²) in [5.41, 5.74) is 0.817. The van der Waals surface area contributed by atoms with Gasteiger partial charge < -0.3 is 15.0 Å². The lowest BCUT2D eigenvalue weighted by Crippen LogP contribution is -2.43. The Morgan fingerprint density at radius 1 is 0.569 bits per heavy atom. The van der Waals surface area contributed by atoms with Crippen molar-refractivity contribution in [1.29, 1.82) is 0 Å². The molecule has 6 nitrogen and oxygen atoms in total. The number of hydrogen-bond donors (Lipinski definition) is 2. The first-order valence-corrected chi connectivity index (χ1v) is 22.5. The van der Waals surface area contributed by atoms with Crippen molar-refractivity contribution < 1.29 is 14.3 Å². The normalized spacial score (nSPS) is 12.1. The van der Waals surface area contributed by atoms with Gasteiger partial charge in [0.1, 0.15) is 12.1 Å². The standard InChI is InChI=1S/C45H85N3O3/c1-4-6-8-10-12-14-16-18-20-22-24-26-28-30-32-34-36-43(51-45(50)44(48-41(3)49)38-42-39-46-40-47-42)37-35-33-31-29-27-25-23-21-19-17-15-13-11-9-7-5-2/h39-40,43-44H,4-38H2,1-3H3,(H,46,47)(H,48,49)/t44-/m0/s1. The first-order valence-electron chi connectivity index (χ1n) is 22.5. The molecule has 0 aliphatic rings. The quantitative estimate of drug-likeness (QED) is 0.0525. The minimum Gasteiger partial charge on any atom is -0.461 e. The number of amides is 1. The van der Waals surface area contributed by atoms with Crippen molar-refractivity contribution >= 4 is 11.9 Å². The summed E-state index contributed by atoms with van der Waals surface area (Å²) in [6.07, 6.45) is 48.8. The van der Waals surface area contributed by atoms with E-state index in [-0.39, 0.29) is 18.0 Å². The number of ether oxygens (including phenoxy) is 1. The van der Waals surface area contributed by atoms with E-state index in [2.05, 4.69) is 29.1 Å². The lowest BCUT2D eigenvalue weighted by Gasteiger charge is -2.22. The molecule has 0 spiro atoms. The van der Waals surface area contributed by atoms with Crippen molar-refractivity contribution in [2.45, 2.75) is 258 Å². The predicted octanol–water partition coefficient (Wildman–Crippen LogP) is 13.7. The second-order valence-electron chi connectivity index (χ2n) is 15.8. The molecule has 0 saturated carbocycles. The maximum absolute atomic E-state index is 13.3. The predicted molar refractivity (Wildman–Crippen MR) is 218 cm³/mol. The molecule has 0 aliphatic heterocycles. The van der Waals surface area contributed by atoms with E-state index in [4.69, 9.17) is 4.74 Å². The molecule has 0 saturated heterocycles. The molecule has 1 rings (SSSR count). The number of carbonyl (C=O) groups excluding carboxylic acids is 2. The van der Waals surface area contributed by atoms with Crippen LogP contribution in [0.1, 0.15) is 245 Å². The minimum atomic E-state index is -0.693. The number of rotatable bonds is 39. The van der Waals surface area contributed by atoms with Crippen LogP contribution in [0.4, 0.5) is 0 Å². The molecule has 0 unspecified atom stereocenters. The Bertz CT molecular complexity index is 838. The Hall–Kier alpha value is -1.85. The molecule has 0 aliphatic carbocycles. The maximum atomic E-state index is 13.3. The van der Waals surface area contributed by atoms with E-state index in [1.807, 2.05) is 0 Å². The van der Waals surface area contributed by atoms with Crippen molar-refractivity contribution in [2.75, 3.05) is 0 Å². The fraction of sp³-hybridized carbons (Fsp3) is 0.889.